The number of nitrogens with one attached hydrogen (secondary N) is 1. The van der Waals surface area contributed by atoms with Crippen molar-refractivity contribution in [1.82, 2.24) is 5.32 Å². The van der Waals surface area contributed by atoms with Gasteiger partial charge >= 0.3 is 5.97 Å². The number of aliphatic carboxylic acids is 1. The van der Waals surface area contributed by atoms with Crippen LogP contribution in [0.1, 0.15) is 17.3 Å². The number of ether oxygens (including phenoxy) is 1. The van der Waals surface area contributed by atoms with Crippen LogP contribution in [0.3, 0.4) is 0 Å². The van der Waals surface area contributed by atoms with Crippen molar-refractivity contribution in [3.63, 3.8) is 0 Å². The van der Waals surface area contributed by atoms with Crippen LogP contribution in [0.4, 0.5) is 0 Å². The highest BCUT2D eigenvalue weighted by Gasteiger charge is 2.21. The second-order valence-electron chi connectivity index (χ2n) is 3.89. The lowest BCUT2D eigenvalue weighted by Gasteiger charge is -2.12. The molecule has 0 aromatic heterocycles. The van der Waals surface area contributed by atoms with Crippen LogP contribution in [0.5, 0.6) is 5.75 Å². The van der Waals surface area contributed by atoms with Gasteiger partial charge in [0, 0.05) is 12.7 Å². The van der Waals surface area contributed by atoms with Gasteiger partial charge < -0.3 is 15.2 Å². The SMILES string of the molecule is COc1ccccc1C(=O)SCC(NC(C)=O)C(=O)O. The van der Waals surface area contributed by atoms with Crippen LogP contribution in [-0.4, -0.2) is 41.0 Å². The molecule has 0 radical (unpaired) electrons. The van der Waals surface area contributed by atoms with Gasteiger partial charge in [-0.15, -0.1) is 0 Å². The third kappa shape index (κ3) is 4.58. The monoisotopic (exact) mass is 297 g/mol. The number of hydrogen-bond acceptors (Lipinski definition) is 5. The zero-order chi connectivity index (χ0) is 15.1. The summed E-state index contributed by atoms with van der Waals surface area (Å²) in [5.74, 6) is -1.26. The van der Waals surface area contributed by atoms with Crippen molar-refractivity contribution in [2.45, 2.75) is 13.0 Å². The van der Waals surface area contributed by atoms with Gasteiger partial charge in [0.05, 0.1) is 12.7 Å². The van der Waals surface area contributed by atoms with Crippen LogP contribution >= 0.6 is 11.8 Å². The summed E-state index contributed by atoms with van der Waals surface area (Å²) >= 11 is 0.823. The van der Waals surface area contributed by atoms with E-state index in [1.54, 1.807) is 24.3 Å². The highest BCUT2D eigenvalue weighted by atomic mass is 32.2. The lowest BCUT2D eigenvalue weighted by molar-refractivity contribution is -0.140. The predicted octanol–water partition coefficient (Wildman–Crippen LogP) is 1.16. The topological polar surface area (TPSA) is 92.7 Å². The van der Waals surface area contributed by atoms with Gasteiger partial charge in [0.15, 0.2) is 0 Å². The number of carboxylic acids is 1. The van der Waals surface area contributed by atoms with E-state index in [9.17, 15) is 14.4 Å². The molecule has 1 unspecified atom stereocenters. The van der Waals surface area contributed by atoms with E-state index in [2.05, 4.69) is 5.32 Å². The Morgan fingerprint density at radius 1 is 1.35 bits per heavy atom. The molecule has 0 saturated carbocycles. The number of thioether (sulfide) groups is 1. The van der Waals surface area contributed by atoms with Crippen molar-refractivity contribution >= 4 is 28.8 Å². The summed E-state index contributed by atoms with van der Waals surface area (Å²) in [5.41, 5.74) is 0.368. The Morgan fingerprint density at radius 3 is 2.55 bits per heavy atom. The Balaban J connectivity index is 2.70. The Hall–Kier alpha value is -2.02. The molecule has 1 aromatic rings. The summed E-state index contributed by atoms with van der Waals surface area (Å²) < 4.78 is 5.07. The summed E-state index contributed by atoms with van der Waals surface area (Å²) in [4.78, 5) is 33.8. The molecular weight excluding hydrogens is 282 g/mol. The van der Waals surface area contributed by atoms with Crippen LogP contribution in [0, 0.1) is 0 Å². The third-order valence-electron chi connectivity index (χ3n) is 2.38. The van der Waals surface area contributed by atoms with Crippen molar-refractivity contribution < 1.29 is 24.2 Å². The number of methoxy groups -OCH3 is 1. The van der Waals surface area contributed by atoms with Gasteiger partial charge in [0.1, 0.15) is 11.8 Å². The number of rotatable bonds is 6. The van der Waals surface area contributed by atoms with Gasteiger partial charge in [-0.1, -0.05) is 23.9 Å². The van der Waals surface area contributed by atoms with Crippen molar-refractivity contribution in [3.8, 4) is 5.75 Å². The molecule has 0 fully saturated rings. The quantitative estimate of drug-likeness (QED) is 0.818. The molecule has 1 amide bonds. The summed E-state index contributed by atoms with van der Waals surface area (Å²) in [6, 6.07) is 5.57. The molecule has 108 valence electrons. The molecule has 0 heterocycles. The van der Waals surface area contributed by atoms with Gasteiger partial charge in [-0.3, -0.25) is 9.59 Å². The molecule has 0 aliphatic carbocycles. The number of carbonyl (C=O) groups is 3. The van der Waals surface area contributed by atoms with E-state index in [4.69, 9.17) is 9.84 Å². The van der Waals surface area contributed by atoms with E-state index in [0.717, 1.165) is 11.8 Å². The Bertz CT molecular complexity index is 517. The summed E-state index contributed by atoms with van der Waals surface area (Å²) in [7, 11) is 1.45. The number of benzene rings is 1. The zero-order valence-electron chi connectivity index (χ0n) is 11.1. The van der Waals surface area contributed by atoms with Crippen LogP contribution in [0.25, 0.3) is 0 Å². The van der Waals surface area contributed by atoms with Gasteiger partial charge in [0.2, 0.25) is 11.0 Å². The molecule has 0 saturated heterocycles. The minimum absolute atomic E-state index is 0.0498. The molecule has 0 bridgehead atoms. The first-order chi connectivity index (χ1) is 9.45. The first-order valence-corrected chi connectivity index (χ1v) is 6.74. The summed E-state index contributed by atoms with van der Waals surface area (Å²) in [5, 5.41) is 10.9. The Labute approximate surface area is 120 Å². The molecular formula is C13H15NO5S. The van der Waals surface area contributed by atoms with Crippen LogP contribution in [0.2, 0.25) is 0 Å². The van der Waals surface area contributed by atoms with Crippen molar-refractivity contribution in [1.29, 1.82) is 0 Å². The fourth-order valence-electron chi connectivity index (χ4n) is 1.47. The third-order valence-corrected chi connectivity index (χ3v) is 3.37. The summed E-state index contributed by atoms with van der Waals surface area (Å²) in [6.45, 7) is 1.22. The van der Waals surface area contributed by atoms with E-state index < -0.39 is 17.9 Å². The average Bonchev–Trinajstić information content (AvgIpc) is 2.42. The maximum Gasteiger partial charge on any atom is 0.327 e. The largest absolute Gasteiger partial charge is 0.496 e. The van der Waals surface area contributed by atoms with E-state index in [-0.39, 0.29) is 10.9 Å². The number of carbonyl (C=O) groups excluding carboxylic acids is 2. The number of amides is 1. The summed E-state index contributed by atoms with van der Waals surface area (Å²) in [6.07, 6.45) is 0. The van der Waals surface area contributed by atoms with Gasteiger partial charge in [0.25, 0.3) is 0 Å². The molecule has 1 rings (SSSR count). The van der Waals surface area contributed by atoms with Gasteiger partial charge in [-0.25, -0.2) is 4.79 Å². The molecule has 0 aliphatic heterocycles. The van der Waals surface area contributed by atoms with Crippen LogP contribution in [-0.2, 0) is 9.59 Å². The van der Waals surface area contributed by atoms with Gasteiger partial charge in [-0.2, -0.15) is 0 Å². The van der Waals surface area contributed by atoms with E-state index in [1.165, 1.54) is 14.0 Å². The molecule has 20 heavy (non-hydrogen) atoms. The molecule has 1 aromatic carbocycles. The second-order valence-corrected chi connectivity index (χ2v) is 4.88. The second kappa shape index (κ2) is 7.54. The van der Waals surface area contributed by atoms with Crippen molar-refractivity contribution in [3.05, 3.63) is 29.8 Å². The first-order valence-electron chi connectivity index (χ1n) is 5.75. The standard InChI is InChI=1S/C13H15NO5S/c1-8(15)14-10(12(16)17)7-20-13(18)9-5-3-4-6-11(9)19-2/h3-6,10H,7H2,1-2H3,(H,14,15)(H,16,17). The van der Waals surface area contributed by atoms with E-state index in [0.29, 0.717) is 11.3 Å². The molecule has 6 nitrogen and oxygen atoms in total. The molecule has 7 heteroatoms. The highest BCUT2D eigenvalue weighted by Crippen LogP contribution is 2.23. The van der Waals surface area contributed by atoms with E-state index in [1.807, 2.05) is 0 Å². The molecule has 2 N–H and O–H groups in total. The fourth-order valence-corrected chi connectivity index (χ4v) is 2.34. The molecule has 0 aliphatic rings. The smallest absolute Gasteiger partial charge is 0.327 e. The van der Waals surface area contributed by atoms with Crippen LogP contribution < -0.4 is 10.1 Å². The minimum Gasteiger partial charge on any atom is -0.496 e. The van der Waals surface area contributed by atoms with Crippen molar-refractivity contribution in [2.75, 3.05) is 12.9 Å². The minimum atomic E-state index is -1.18. The fraction of sp³-hybridized carbons (Fsp3) is 0.308. The highest BCUT2D eigenvalue weighted by molar-refractivity contribution is 8.14. The molecule has 0 spiro atoms. The van der Waals surface area contributed by atoms with E-state index >= 15 is 0 Å². The maximum atomic E-state index is 12.0. The number of para-hydroxylation sites is 1. The normalized spacial score (nSPS) is 11.5. The van der Waals surface area contributed by atoms with Crippen molar-refractivity contribution in [2.24, 2.45) is 0 Å². The first kappa shape index (κ1) is 16.0. The zero-order valence-corrected chi connectivity index (χ0v) is 11.9. The Morgan fingerprint density at radius 2 is 2.00 bits per heavy atom. The lowest BCUT2D eigenvalue weighted by Crippen LogP contribution is -2.41. The average molecular weight is 297 g/mol. The molecule has 1 atom stereocenters. The number of hydrogen-bond donors (Lipinski definition) is 2. The number of carboxylic acid groups (broad SMARTS) is 1. The van der Waals surface area contributed by atoms with Crippen LogP contribution in [0.15, 0.2) is 24.3 Å². The lowest BCUT2D eigenvalue weighted by atomic mass is 10.2. The van der Waals surface area contributed by atoms with Gasteiger partial charge in [-0.05, 0) is 12.1 Å². The maximum absolute atomic E-state index is 12.0. The predicted molar refractivity (Wildman–Crippen MR) is 75.0 cm³/mol. The Kier molecular flexibility index (Phi) is 6.05.